The second-order valence-electron chi connectivity index (χ2n) is 7.52. The quantitative estimate of drug-likeness (QED) is 0.801. The third-order valence-corrected chi connectivity index (χ3v) is 5.97. The average molecular weight is 316 g/mol. The maximum atomic E-state index is 13.1. The standard InChI is InChI=1S/C20H32N2O/c1-4-6-7-8-10-22-11-9-15-12-18-19(20(23)17(15)13-22)16(5-2)14(3)21-18/h15,17,21H,4-13H2,1-3H3. The Morgan fingerprint density at radius 2 is 2.04 bits per heavy atom. The van der Waals surface area contributed by atoms with Crippen molar-refractivity contribution in [3.05, 3.63) is 22.5 Å². The lowest BCUT2D eigenvalue weighted by molar-refractivity contribution is 0.0657. The van der Waals surface area contributed by atoms with Gasteiger partial charge in [-0.3, -0.25) is 4.79 Å². The lowest BCUT2D eigenvalue weighted by Gasteiger charge is -2.40. The first-order valence-electron chi connectivity index (χ1n) is 9.62. The number of carbonyl (C=O) groups excluding carboxylic acids is 1. The molecule has 2 unspecified atom stereocenters. The number of rotatable bonds is 6. The van der Waals surface area contributed by atoms with Crippen molar-refractivity contribution < 1.29 is 4.79 Å². The van der Waals surface area contributed by atoms with E-state index >= 15 is 0 Å². The SMILES string of the molecule is CCCCCCN1CCC2Cc3[nH]c(C)c(CC)c3C(=O)C2C1. The molecule has 2 aliphatic rings. The van der Waals surface area contributed by atoms with Gasteiger partial charge in [-0.25, -0.2) is 0 Å². The molecule has 0 aromatic carbocycles. The highest BCUT2D eigenvalue weighted by Gasteiger charge is 2.41. The van der Waals surface area contributed by atoms with Crippen LogP contribution in [0.2, 0.25) is 0 Å². The highest BCUT2D eigenvalue weighted by Crippen LogP contribution is 2.38. The van der Waals surface area contributed by atoms with Gasteiger partial charge in [0.15, 0.2) is 5.78 Å². The summed E-state index contributed by atoms with van der Waals surface area (Å²) in [6, 6.07) is 0. The summed E-state index contributed by atoms with van der Waals surface area (Å²) < 4.78 is 0. The number of fused-ring (bicyclic) bond motifs is 2. The molecule has 1 saturated heterocycles. The van der Waals surface area contributed by atoms with E-state index in [2.05, 4.69) is 30.7 Å². The summed E-state index contributed by atoms with van der Waals surface area (Å²) in [6.07, 6.45) is 8.47. The molecule has 0 bridgehead atoms. The van der Waals surface area contributed by atoms with Crippen molar-refractivity contribution >= 4 is 5.78 Å². The van der Waals surface area contributed by atoms with Crippen molar-refractivity contribution in [3.8, 4) is 0 Å². The number of H-pyrrole nitrogens is 1. The van der Waals surface area contributed by atoms with Gasteiger partial charge in [0.25, 0.3) is 0 Å². The largest absolute Gasteiger partial charge is 0.362 e. The number of unbranched alkanes of at least 4 members (excludes halogenated alkanes) is 3. The minimum atomic E-state index is 0.239. The van der Waals surface area contributed by atoms with E-state index in [0.29, 0.717) is 11.7 Å². The van der Waals surface area contributed by atoms with Crippen LogP contribution in [0.25, 0.3) is 0 Å². The molecule has 1 aromatic heterocycles. The van der Waals surface area contributed by atoms with E-state index in [1.54, 1.807) is 0 Å². The van der Waals surface area contributed by atoms with Crippen molar-refractivity contribution in [2.75, 3.05) is 19.6 Å². The smallest absolute Gasteiger partial charge is 0.169 e. The van der Waals surface area contributed by atoms with Crippen LogP contribution >= 0.6 is 0 Å². The Kier molecular flexibility index (Phi) is 5.25. The Bertz CT molecular complexity index is 560. The van der Waals surface area contributed by atoms with Gasteiger partial charge < -0.3 is 9.88 Å². The van der Waals surface area contributed by atoms with E-state index in [0.717, 1.165) is 24.9 Å². The Morgan fingerprint density at radius 1 is 1.22 bits per heavy atom. The fraction of sp³-hybridized carbons (Fsp3) is 0.750. The van der Waals surface area contributed by atoms with Crippen molar-refractivity contribution in [2.24, 2.45) is 11.8 Å². The van der Waals surface area contributed by atoms with Crippen LogP contribution in [0.15, 0.2) is 0 Å². The number of hydrogen-bond acceptors (Lipinski definition) is 2. The summed E-state index contributed by atoms with van der Waals surface area (Å²) in [5.41, 5.74) is 4.76. The van der Waals surface area contributed by atoms with Gasteiger partial charge >= 0.3 is 0 Å². The van der Waals surface area contributed by atoms with Gasteiger partial charge in [-0.2, -0.15) is 0 Å². The molecule has 0 radical (unpaired) electrons. The molecule has 3 heteroatoms. The summed E-state index contributed by atoms with van der Waals surface area (Å²) in [6.45, 7) is 9.88. The molecule has 1 N–H and O–H groups in total. The number of carbonyl (C=O) groups is 1. The van der Waals surface area contributed by atoms with Crippen LogP contribution in [0.4, 0.5) is 0 Å². The van der Waals surface area contributed by atoms with Crippen LogP contribution in [0.3, 0.4) is 0 Å². The predicted molar refractivity (Wildman–Crippen MR) is 95.1 cm³/mol. The van der Waals surface area contributed by atoms with Gasteiger partial charge in [0.1, 0.15) is 0 Å². The lowest BCUT2D eigenvalue weighted by Crippen LogP contribution is -2.47. The van der Waals surface area contributed by atoms with Crippen LogP contribution in [0.1, 0.15) is 73.3 Å². The van der Waals surface area contributed by atoms with Gasteiger partial charge in [0.2, 0.25) is 0 Å². The number of nitrogens with zero attached hydrogens (tertiary/aromatic N) is 1. The highest BCUT2D eigenvalue weighted by molar-refractivity contribution is 6.02. The number of Topliss-reactive ketones (excluding diaryl/α,β-unsaturated/α-hetero) is 1. The Morgan fingerprint density at radius 3 is 2.78 bits per heavy atom. The first-order valence-corrected chi connectivity index (χ1v) is 9.62. The maximum Gasteiger partial charge on any atom is 0.169 e. The zero-order chi connectivity index (χ0) is 16.4. The number of aryl methyl sites for hydroxylation is 1. The van der Waals surface area contributed by atoms with Crippen LogP contribution < -0.4 is 0 Å². The molecule has 1 aliphatic carbocycles. The molecule has 128 valence electrons. The van der Waals surface area contributed by atoms with Crippen LogP contribution in [0.5, 0.6) is 0 Å². The van der Waals surface area contributed by atoms with Gasteiger partial charge in [-0.1, -0.05) is 33.1 Å². The molecule has 1 fully saturated rings. The van der Waals surface area contributed by atoms with Gasteiger partial charge in [-0.05, 0) is 57.2 Å². The molecule has 0 amide bonds. The fourth-order valence-corrected chi connectivity index (χ4v) is 4.65. The third kappa shape index (κ3) is 3.26. The molecule has 2 atom stereocenters. The summed E-state index contributed by atoms with van der Waals surface area (Å²) in [5, 5.41) is 0. The molecule has 23 heavy (non-hydrogen) atoms. The number of piperidine rings is 1. The molecule has 0 saturated carbocycles. The number of aromatic nitrogens is 1. The number of nitrogens with one attached hydrogen (secondary N) is 1. The molecule has 2 heterocycles. The van der Waals surface area contributed by atoms with Gasteiger partial charge in [0, 0.05) is 29.4 Å². The average Bonchev–Trinajstić information content (AvgIpc) is 2.87. The van der Waals surface area contributed by atoms with Crippen LogP contribution in [0, 0.1) is 18.8 Å². The second kappa shape index (κ2) is 7.21. The van der Waals surface area contributed by atoms with Crippen LogP contribution in [-0.4, -0.2) is 35.3 Å². The van der Waals surface area contributed by atoms with Gasteiger partial charge in [0.05, 0.1) is 0 Å². The third-order valence-electron chi connectivity index (χ3n) is 5.97. The molecule has 3 rings (SSSR count). The molecule has 3 nitrogen and oxygen atoms in total. The van der Waals surface area contributed by atoms with Crippen molar-refractivity contribution in [2.45, 2.75) is 65.7 Å². The first kappa shape index (κ1) is 16.8. The lowest BCUT2D eigenvalue weighted by atomic mass is 9.72. The Hall–Kier alpha value is -1.09. The van der Waals surface area contributed by atoms with Gasteiger partial charge in [-0.15, -0.1) is 0 Å². The van der Waals surface area contributed by atoms with Crippen molar-refractivity contribution in [1.82, 2.24) is 9.88 Å². The molecule has 0 spiro atoms. The summed E-state index contributed by atoms with van der Waals surface area (Å²) in [4.78, 5) is 19.2. The Labute approximate surface area is 140 Å². The molecule has 1 aromatic rings. The molecular formula is C20H32N2O. The zero-order valence-corrected chi connectivity index (χ0v) is 15.1. The normalized spacial score (nSPS) is 24.6. The fourth-order valence-electron chi connectivity index (χ4n) is 4.65. The van der Waals surface area contributed by atoms with E-state index in [4.69, 9.17) is 0 Å². The predicted octanol–water partition coefficient (Wildman–Crippen LogP) is 4.14. The maximum absolute atomic E-state index is 13.1. The second-order valence-corrected chi connectivity index (χ2v) is 7.52. The zero-order valence-electron chi connectivity index (χ0n) is 15.1. The van der Waals surface area contributed by atoms with Crippen LogP contribution in [-0.2, 0) is 12.8 Å². The number of likely N-dealkylation sites (tertiary alicyclic amines) is 1. The number of ketones is 1. The monoisotopic (exact) mass is 316 g/mol. The van der Waals surface area contributed by atoms with E-state index in [9.17, 15) is 4.79 Å². The van der Waals surface area contributed by atoms with E-state index in [1.165, 1.54) is 62.1 Å². The Balaban J connectivity index is 1.69. The van der Waals surface area contributed by atoms with Crippen molar-refractivity contribution in [1.29, 1.82) is 0 Å². The highest BCUT2D eigenvalue weighted by atomic mass is 16.1. The van der Waals surface area contributed by atoms with Crippen molar-refractivity contribution in [3.63, 3.8) is 0 Å². The van der Waals surface area contributed by atoms with E-state index < -0.39 is 0 Å². The first-order chi connectivity index (χ1) is 11.2. The number of hydrogen-bond donors (Lipinski definition) is 1. The topological polar surface area (TPSA) is 36.1 Å². The minimum Gasteiger partial charge on any atom is -0.362 e. The molecular weight excluding hydrogens is 284 g/mol. The van der Waals surface area contributed by atoms with E-state index in [1.807, 2.05) is 0 Å². The summed E-state index contributed by atoms with van der Waals surface area (Å²) in [7, 11) is 0. The summed E-state index contributed by atoms with van der Waals surface area (Å²) >= 11 is 0. The summed E-state index contributed by atoms with van der Waals surface area (Å²) in [5.74, 6) is 1.23. The minimum absolute atomic E-state index is 0.239. The number of aromatic amines is 1. The molecule has 1 aliphatic heterocycles. The van der Waals surface area contributed by atoms with E-state index in [-0.39, 0.29) is 5.92 Å².